The van der Waals surface area contributed by atoms with E-state index in [9.17, 15) is 62.3 Å². The van der Waals surface area contributed by atoms with Crippen LogP contribution in [0.3, 0.4) is 0 Å². The van der Waals surface area contributed by atoms with Gasteiger partial charge in [-0.1, -0.05) is 52.0 Å². The summed E-state index contributed by atoms with van der Waals surface area (Å²) in [7, 11) is 0. The maximum Gasteiger partial charge on any atom is 0.326 e. The van der Waals surface area contributed by atoms with E-state index in [0.717, 1.165) is 0 Å². The lowest BCUT2D eigenvalue weighted by molar-refractivity contribution is -0.156. The Morgan fingerprint density at radius 3 is 1.18 bits per heavy atom. The molecule has 0 aromatic carbocycles. The van der Waals surface area contributed by atoms with Crippen molar-refractivity contribution in [1.29, 1.82) is 0 Å². The highest BCUT2D eigenvalue weighted by Crippen LogP contribution is 2.16. The molecule has 0 aliphatic carbocycles. The van der Waals surface area contributed by atoms with Gasteiger partial charge in [-0.05, 0) is 62.3 Å². The van der Waals surface area contributed by atoms with Crippen molar-refractivity contribution in [3.8, 4) is 0 Å². The van der Waals surface area contributed by atoms with Gasteiger partial charge in [0.05, 0.1) is 24.2 Å². The molecule has 1 aromatic rings. The predicted octanol–water partition coefficient (Wildman–Crippen LogP) is 6.23. The number of esters is 2. The van der Waals surface area contributed by atoms with Gasteiger partial charge in [0.25, 0.3) is 0 Å². The lowest BCUT2D eigenvalue weighted by atomic mass is 10.1. The van der Waals surface area contributed by atoms with Gasteiger partial charge in [0.2, 0.25) is 11.8 Å². The van der Waals surface area contributed by atoms with Gasteiger partial charge in [0, 0.05) is 67.2 Å². The number of rotatable bonds is 15. The molecule has 1 aromatic heterocycles. The number of aliphatic imine (C=N–C) groups is 1. The number of nitrogens with two attached hydrogens (primary N) is 1. The Morgan fingerprint density at radius 1 is 0.603 bits per heavy atom. The number of carbonyl (C=O) groups excluding carboxylic acids is 10. The highest BCUT2D eigenvalue weighted by Gasteiger charge is 2.25. The molecule has 2 amide bonds. The van der Waals surface area contributed by atoms with Crippen LogP contribution < -0.4 is 16.4 Å². The molecule has 0 radical (unpaired) electrons. The first kappa shape index (κ1) is 95.8. The van der Waals surface area contributed by atoms with Crippen molar-refractivity contribution < 1.29 is 91.5 Å². The average Bonchev–Trinajstić information content (AvgIpc) is 3.58. The van der Waals surface area contributed by atoms with E-state index in [-0.39, 0.29) is 130 Å². The minimum Gasteiger partial charge on any atom is -0.481 e. The highest BCUT2D eigenvalue weighted by molar-refractivity contribution is 5.91. The largest absolute Gasteiger partial charge is 0.481 e. The van der Waals surface area contributed by atoms with Crippen molar-refractivity contribution in [3.63, 3.8) is 0 Å². The van der Waals surface area contributed by atoms with Crippen LogP contribution in [0.25, 0.3) is 0 Å². The molecule has 1 aliphatic heterocycles. The lowest BCUT2D eigenvalue weighted by Gasteiger charge is -2.11. The molecule has 2 rings (SSSR count). The molecule has 0 bridgehead atoms. The zero-order chi connectivity index (χ0) is 53.2. The van der Waals surface area contributed by atoms with Crippen molar-refractivity contribution in [2.45, 2.75) is 218 Å². The topological polar surface area (TPSA) is 390 Å². The number of hydrogen-bond donors (Lipinski definition) is 6. The number of oxazole rings is 1. The average molecular weight is 1060 g/mol. The number of nitrogens with zero attached hydrogens (tertiary/aromatic N) is 2. The van der Waals surface area contributed by atoms with E-state index in [0.29, 0.717) is 29.7 Å². The first-order valence-corrected chi connectivity index (χ1v) is 19.7. The second-order valence-corrected chi connectivity index (χ2v) is 14.4. The van der Waals surface area contributed by atoms with E-state index in [4.69, 9.17) is 30.2 Å². The number of ketones is 6. The molecule has 0 saturated carbocycles. The molecular formula is C49H95N5O19. The second-order valence-electron chi connectivity index (χ2n) is 14.4. The fourth-order valence-electron chi connectivity index (χ4n) is 4.26. The van der Waals surface area contributed by atoms with Gasteiger partial charge in [-0.3, -0.25) is 52.7 Å². The van der Waals surface area contributed by atoms with E-state index < -0.39 is 53.9 Å². The number of hydrogen-bond acceptors (Lipinski definition) is 19. The number of amides is 2. The Balaban J connectivity index is -0.0000000595. The highest BCUT2D eigenvalue weighted by atomic mass is 16.6. The van der Waals surface area contributed by atoms with E-state index in [1.807, 2.05) is 13.8 Å². The third-order valence-corrected chi connectivity index (χ3v) is 6.70. The summed E-state index contributed by atoms with van der Waals surface area (Å²) < 4.78 is 14.3. The third kappa shape index (κ3) is 69.5. The maximum atomic E-state index is 10.8. The number of carboxylic acid groups (broad SMARTS) is 3. The van der Waals surface area contributed by atoms with Crippen LogP contribution in [0, 0.1) is 13.8 Å². The van der Waals surface area contributed by atoms with Crippen LogP contribution in [-0.4, -0.2) is 133 Å². The number of Topliss-reactive ketones (excluding diaryl/α,β-unsaturated/α-hetero) is 6. The summed E-state index contributed by atoms with van der Waals surface area (Å²) in [4.78, 5) is 142. The van der Waals surface area contributed by atoms with Crippen LogP contribution in [0.5, 0.6) is 0 Å². The summed E-state index contributed by atoms with van der Waals surface area (Å²) in [5.41, 5.74) is 5.51. The molecule has 0 fully saturated rings. The van der Waals surface area contributed by atoms with Gasteiger partial charge in [-0.15, -0.1) is 0 Å². The van der Waals surface area contributed by atoms with Crippen LogP contribution >= 0.6 is 0 Å². The number of aliphatic carboxylic acids is 3. The minimum atomic E-state index is -1.19. The molecular weight excluding hydrogens is 963 g/mol. The zero-order valence-corrected chi connectivity index (χ0v) is 40.3. The molecule has 1 aliphatic rings. The Hall–Kier alpha value is -6.85. The van der Waals surface area contributed by atoms with E-state index >= 15 is 0 Å². The van der Waals surface area contributed by atoms with Crippen LogP contribution in [-0.2, 0) is 78.2 Å². The van der Waals surface area contributed by atoms with Crippen LogP contribution in [0.1, 0.15) is 185 Å². The SMILES string of the molecule is C.C.C.C.C.C.C.CC(=O)CC(N)C(=O)O.CC(=O)CC(NC(C)=O)C(=O)O.CC(=O)CC(NC(C)=O)C(C)=O.CC(=O)CC1N=C(C)OC1C.CC(=O)OC(C)=O.CC(C)=O.Cc1nc(CC(=O)O)c(C)o1. The summed E-state index contributed by atoms with van der Waals surface area (Å²) in [5.74, 6) is -3.73. The molecule has 2 heterocycles. The summed E-state index contributed by atoms with van der Waals surface area (Å²) >= 11 is 0. The fourth-order valence-corrected chi connectivity index (χ4v) is 4.26. The van der Waals surface area contributed by atoms with Gasteiger partial charge < -0.3 is 50.4 Å². The van der Waals surface area contributed by atoms with E-state index in [1.165, 1.54) is 69.2 Å². The van der Waals surface area contributed by atoms with Gasteiger partial charge >= 0.3 is 29.8 Å². The molecule has 430 valence electrons. The number of aryl methyl sites for hydroxylation is 2. The summed E-state index contributed by atoms with van der Waals surface area (Å²) in [6.07, 6.45) is 0.319. The van der Waals surface area contributed by atoms with Gasteiger partial charge in [0.1, 0.15) is 52.9 Å². The smallest absolute Gasteiger partial charge is 0.326 e. The van der Waals surface area contributed by atoms with E-state index in [2.05, 4.69) is 25.3 Å². The molecule has 7 N–H and O–H groups in total. The summed E-state index contributed by atoms with van der Waals surface area (Å²) in [6, 6.07) is -2.74. The minimum absolute atomic E-state index is 0. The van der Waals surface area contributed by atoms with E-state index in [1.54, 1.807) is 20.8 Å². The normalized spacial score (nSPS) is 12.5. The van der Waals surface area contributed by atoms with Crippen molar-refractivity contribution in [2.75, 3.05) is 0 Å². The van der Waals surface area contributed by atoms with Crippen molar-refractivity contribution in [2.24, 2.45) is 10.7 Å². The molecule has 24 heteroatoms. The standard InChI is InChI=1S/C8H13NO3.C8H13NO2.C7H11NO4.C7H9NO3.C5H9NO3.C4H6O3.C3H6O.7CH4/c1-5(10)4-8(6(2)11)9-7(3)12;1-5(10)4-8-6(2)11-7(3)9-8;1-4(9)3-6(7(11)12)8-5(2)10;1-4-6(3-7(9)10)8-5(2)11-4;1-3(7)2-4(6)5(8)9;1-3(5)7-4(2)6;1-3(2)4;;;;;;;/h8H,4H2,1-3H3,(H,9,12);6,8H,4H2,1-3H3;6H,3H2,1-2H3,(H,8,10)(H,11,12);3H2,1-2H3,(H,9,10);4H,2,6H2,1H3,(H,8,9);1-2H3;1-2H3;7*1H4. The van der Waals surface area contributed by atoms with Crippen molar-refractivity contribution in [3.05, 3.63) is 17.3 Å². The first-order valence-electron chi connectivity index (χ1n) is 19.7. The fraction of sp³-hybridized carbons (Fsp3) is 0.653. The lowest BCUT2D eigenvalue weighted by Crippen LogP contribution is -2.40. The van der Waals surface area contributed by atoms with Gasteiger partial charge in [-0.2, -0.15) is 0 Å². The van der Waals surface area contributed by atoms with Gasteiger partial charge in [-0.25, -0.2) is 14.8 Å². The Labute approximate surface area is 434 Å². The Kier molecular flexibility index (Phi) is 69.5. The zero-order valence-electron chi connectivity index (χ0n) is 40.3. The Morgan fingerprint density at radius 2 is 0.973 bits per heavy atom. The molecule has 5 atom stereocenters. The molecule has 0 saturated heterocycles. The number of aromatic nitrogens is 1. The number of ether oxygens (including phenoxy) is 2. The monoisotopic (exact) mass is 1060 g/mol. The molecule has 5 unspecified atom stereocenters. The maximum absolute atomic E-state index is 10.8. The molecule has 73 heavy (non-hydrogen) atoms. The first-order chi connectivity index (χ1) is 29.9. The van der Waals surface area contributed by atoms with Crippen LogP contribution in [0.2, 0.25) is 0 Å². The third-order valence-electron chi connectivity index (χ3n) is 6.70. The number of carbonyl (C=O) groups is 13. The quantitative estimate of drug-likeness (QED) is 0.0837. The summed E-state index contributed by atoms with van der Waals surface area (Å²) in [5, 5.41) is 29.6. The van der Waals surface area contributed by atoms with Gasteiger partial charge in [0.15, 0.2) is 17.6 Å². The molecule has 0 spiro atoms. The van der Waals surface area contributed by atoms with Crippen molar-refractivity contribution in [1.82, 2.24) is 15.6 Å². The Bertz CT molecular complexity index is 1780. The predicted molar refractivity (Wildman–Crippen MR) is 281 cm³/mol. The number of carboxylic acids is 3. The second kappa shape index (κ2) is 53.0. The van der Waals surface area contributed by atoms with Crippen LogP contribution in [0.4, 0.5) is 0 Å². The van der Waals surface area contributed by atoms with Crippen molar-refractivity contribution >= 4 is 82.3 Å². The number of nitrogens with one attached hydrogen (secondary N) is 2. The summed E-state index contributed by atoms with van der Waals surface area (Å²) in [6.45, 7) is 22.0. The molecule has 24 nitrogen and oxygen atoms in total. The van der Waals surface area contributed by atoms with Crippen LogP contribution in [0.15, 0.2) is 9.41 Å².